The average molecular weight is 319 g/mol. The van der Waals surface area contributed by atoms with Crippen molar-refractivity contribution in [2.75, 3.05) is 14.2 Å². The molecule has 1 saturated heterocycles. The summed E-state index contributed by atoms with van der Waals surface area (Å²) in [5, 5.41) is 0. The zero-order chi connectivity index (χ0) is 17.3. The van der Waals surface area contributed by atoms with E-state index in [-0.39, 0.29) is 0 Å². The van der Waals surface area contributed by atoms with E-state index in [1.54, 1.807) is 18.2 Å². The largest absolute Gasteiger partial charge is 0.494 e. The summed E-state index contributed by atoms with van der Waals surface area (Å²) >= 11 is 0. The van der Waals surface area contributed by atoms with Crippen LogP contribution in [0.4, 0.5) is 5.69 Å². The number of nitrogens with zero attached hydrogens (tertiary/aromatic N) is 1. The van der Waals surface area contributed by atoms with Crippen molar-refractivity contribution >= 4 is 30.6 Å². The van der Waals surface area contributed by atoms with Gasteiger partial charge in [-0.05, 0) is 45.3 Å². The molecule has 7 heteroatoms. The second kappa shape index (κ2) is 6.33. The summed E-state index contributed by atoms with van der Waals surface area (Å²) in [6, 6.07) is 5.17. The number of aliphatic imine (C=N–C) groups is 1. The molecule has 2 rings (SSSR count). The van der Waals surface area contributed by atoms with Crippen LogP contribution in [0.1, 0.15) is 38.1 Å². The normalized spacial score (nSPS) is 19.1. The van der Waals surface area contributed by atoms with Crippen LogP contribution in [0.2, 0.25) is 0 Å². The highest BCUT2D eigenvalue weighted by atomic mass is 16.7. The lowest BCUT2D eigenvalue weighted by atomic mass is 9.78. The van der Waals surface area contributed by atoms with Crippen molar-refractivity contribution in [3.8, 4) is 0 Å². The molecule has 0 radical (unpaired) electrons. The van der Waals surface area contributed by atoms with Crippen LogP contribution in [0.5, 0.6) is 0 Å². The molecule has 1 aromatic carbocycles. The Morgan fingerprint density at radius 1 is 1.17 bits per heavy atom. The van der Waals surface area contributed by atoms with Crippen molar-refractivity contribution in [1.82, 2.24) is 0 Å². The molecule has 0 aromatic heterocycles. The molecule has 0 N–H and O–H groups in total. The van der Waals surface area contributed by atoms with E-state index in [1.165, 1.54) is 20.6 Å². The van der Waals surface area contributed by atoms with E-state index in [1.807, 2.05) is 27.7 Å². The molecular formula is C16H22BNO5. The number of ether oxygens (including phenoxy) is 2. The molecule has 0 saturated carbocycles. The van der Waals surface area contributed by atoms with Crippen LogP contribution in [-0.4, -0.2) is 44.9 Å². The van der Waals surface area contributed by atoms with Gasteiger partial charge in [0.15, 0.2) is 6.40 Å². The Morgan fingerprint density at radius 2 is 1.78 bits per heavy atom. The smallest absolute Gasteiger partial charge is 0.486 e. The second-order valence-electron chi connectivity index (χ2n) is 6.33. The predicted molar refractivity (Wildman–Crippen MR) is 88.7 cm³/mol. The molecule has 1 aliphatic rings. The average Bonchev–Trinajstić information content (AvgIpc) is 2.72. The molecule has 0 aliphatic carbocycles. The summed E-state index contributed by atoms with van der Waals surface area (Å²) in [5.74, 6) is -0.464. The van der Waals surface area contributed by atoms with Crippen LogP contribution in [0.3, 0.4) is 0 Å². The van der Waals surface area contributed by atoms with E-state index >= 15 is 0 Å². The summed E-state index contributed by atoms with van der Waals surface area (Å²) in [7, 11) is 2.29. The maximum atomic E-state index is 11.8. The Morgan fingerprint density at radius 3 is 2.30 bits per heavy atom. The Bertz CT molecular complexity index is 611. The number of carbonyl (C=O) groups excluding carboxylic acids is 1. The molecule has 1 aliphatic heterocycles. The van der Waals surface area contributed by atoms with Crippen molar-refractivity contribution < 1.29 is 23.6 Å². The number of hydrogen-bond acceptors (Lipinski definition) is 6. The summed E-state index contributed by atoms with van der Waals surface area (Å²) < 4.78 is 21.6. The number of esters is 1. The summed E-state index contributed by atoms with van der Waals surface area (Å²) in [4.78, 5) is 16.0. The Hall–Kier alpha value is -1.86. The molecule has 0 atom stereocenters. The minimum atomic E-state index is -0.525. The third-order valence-corrected chi connectivity index (χ3v) is 4.25. The maximum absolute atomic E-state index is 11.8. The highest BCUT2D eigenvalue weighted by Gasteiger charge is 2.51. The van der Waals surface area contributed by atoms with E-state index in [9.17, 15) is 4.79 Å². The van der Waals surface area contributed by atoms with E-state index in [0.717, 1.165) is 5.46 Å². The van der Waals surface area contributed by atoms with Gasteiger partial charge in [0.1, 0.15) is 0 Å². The van der Waals surface area contributed by atoms with Crippen LogP contribution >= 0.6 is 0 Å². The van der Waals surface area contributed by atoms with Crippen LogP contribution in [0, 0.1) is 0 Å². The number of rotatable bonds is 4. The van der Waals surface area contributed by atoms with Gasteiger partial charge >= 0.3 is 13.1 Å². The highest BCUT2D eigenvalue weighted by molar-refractivity contribution is 6.62. The number of benzene rings is 1. The van der Waals surface area contributed by atoms with Gasteiger partial charge in [0.25, 0.3) is 0 Å². The molecule has 23 heavy (non-hydrogen) atoms. The van der Waals surface area contributed by atoms with Gasteiger partial charge in [-0.25, -0.2) is 9.79 Å². The third-order valence-electron chi connectivity index (χ3n) is 4.25. The van der Waals surface area contributed by atoms with E-state index in [2.05, 4.69) is 4.99 Å². The van der Waals surface area contributed by atoms with E-state index in [0.29, 0.717) is 11.3 Å². The monoisotopic (exact) mass is 319 g/mol. The molecule has 124 valence electrons. The Kier molecular flexibility index (Phi) is 4.82. The molecule has 1 aromatic rings. The first kappa shape index (κ1) is 17.5. The lowest BCUT2D eigenvalue weighted by Crippen LogP contribution is -2.41. The lowest BCUT2D eigenvalue weighted by Gasteiger charge is -2.32. The van der Waals surface area contributed by atoms with Gasteiger partial charge in [0.05, 0.1) is 36.7 Å². The van der Waals surface area contributed by atoms with Crippen molar-refractivity contribution in [2.45, 2.75) is 38.9 Å². The lowest BCUT2D eigenvalue weighted by molar-refractivity contribution is 0.00578. The van der Waals surface area contributed by atoms with Crippen molar-refractivity contribution in [3.05, 3.63) is 23.8 Å². The fraction of sp³-hybridized carbons (Fsp3) is 0.500. The van der Waals surface area contributed by atoms with Gasteiger partial charge in [-0.2, -0.15) is 0 Å². The number of hydrogen-bond donors (Lipinski definition) is 0. The summed E-state index contributed by atoms with van der Waals surface area (Å²) in [6.07, 6.45) is 1.26. The summed E-state index contributed by atoms with van der Waals surface area (Å²) in [5.41, 5.74) is 0.690. The fourth-order valence-electron chi connectivity index (χ4n) is 2.17. The van der Waals surface area contributed by atoms with Gasteiger partial charge in [0.2, 0.25) is 0 Å². The molecule has 6 nitrogen and oxygen atoms in total. The topological polar surface area (TPSA) is 66.3 Å². The van der Waals surface area contributed by atoms with Crippen molar-refractivity contribution in [3.63, 3.8) is 0 Å². The van der Waals surface area contributed by atoms with Crippen LogP contribution in [0.15, 0.2) is 23.2 Å². The third kappa shape index (κ3) is 3.40. The zero-order valence-corrected chi connectivity index (χ0v) is 14.4. The van der Waals surface area contributed by atoms with E-state index in [4.69, 9.17) is 18.8 Å². The van der Waals surface area contributed by atoms with Crippen molar-refractivity contribution in [1.29, 1.82) is 0 Å². The molecule has 0 spiro atoms. The van der Waals surface area contributed by atoms with Crippen LogP contribution in [0.25, 0.3) is 0 Å². The minimum Gasteiger partial charge on any atom is -0.486 e. The highest BCUT2D eigenvalue weighted by Crippen LogP contribution is 2.36. The number of carbonyl (C=O) groups is 1. The SMILES string of the molecule is COC=Nc1cc(B2OC(C)(C)C(C)(C)O2)ccc1C(=O)OC. The molecule has 0 unspecified atom stereocenters. The first-order valence-electron chi connectivity index (χ1n) is 7.35. The number of methoxy groups -OCH3 is 2. The van der Waals surface area contributed by atoms with Gasteiger partial charge in [-0.1, -0.05) is 6.07 Å². The quantitative estimate of drug-likeness (QED) is 0.368. The molecule has 0 bridgehead atoms. The minimum absolute atomic E-state index is 0.348. The van der Waals surface area contributed by atoms with Gasteiger partial charge < -0.3 is 18.8 Å². The molecule has 1 heterocycles. The van der Waals surface area contributed by atoms with Crippen molar-refractivity contribution in [2.24, 2.45) is 4.99 Å². The summed E-state index contributed by atoms with van der Waals surface area (Å²) in [6.45, 7) is 7.94. The van der Waals surface area contributed by atoms with E-state index < -0.39 is 24.3 Å². The second-order valence-corrected chi connectivity index (χ2v) is 6.33. The van der Waals surface area contributed by atoms with Crippen LogP contribution in [-0.2, 0) is 18.8 Å². The van der Waals surface area contributed by atoms with Gasteiger partial charge in [0, 0.05) is 0 Å². The standard InChI is InChI=1S/C16H22BNO5/c1-15(2)16(3,4)23-17(22-15)11-7-8-12(14(19)21-6)13(9-11)18-10-20-5/h7-10H,1-6H3. The zero-order valence-electron chi connectivity index (χ0n) is 14.4. The fourth-order valence-corrected chi connectivity index (χ4v) is 2.17. The first-order valence-corrected chi connectivity index (χ1v) is 7.35. The van der Waals surface area contributed by atoms with Gasteiger partial charge in [-0.15, -0.1) is 0 Å². The van der Waals surface area contributed by atoms with Crippen LogP contribution < -0.4 is 5.46 Å². The van der Waals surface area contributed by atoms with Gasteiger partial charge in [-0.3, -0.25) is 0 Å². The first-order chi connectivity index (χ1) is 10.7. The molecule has 1 fully saturated rings. The Labute approximate surface area is 136 Å². The molecule has 0 amide bonds. The Balaban J connectivity index is 2.38. The maximum Gasteiger partial charge on any atom is 0.494 e. The molecular weight excluding hydrogens is 297 g/mol. The predicted octanol–water partition coefficient (Wildman–Crippen LogP) is 2.08.